The van der Waals surface area contributed by atoms with Crippen molar-refractivity contribution in [3.8, 4) is 11.3 Å². The topological polar surface area (TPSA) is 62.8 Å². The van der Waals surface area contributed by atoms with Crippen LogP contribution in [0.15, 0.2) is 47.4 Å². The van der Waals surface area contributed by atoms with Gasteiger partial charge in [0.2, 0.25) is 0 Å². The number of H-pyrrole nitrogens is 1. The molecule has 2 aromatic heterocycles. The van der Waals surface area contributed by atoms with Crippen molar-refractivity contribution >= 4 is 16.7 Å². The van der Waals surface area contributed by atoms with Crippen LogP contribution >= 0.6 is 0 Å². The van der Waals surface area contributed by atoms with Gasteiger partial charge in [0, 0.05) is 28.8 Å². The fourth-order valence-electron chi connectivity index (χ4n) is 2.60. The number of ketones is 1. The molecule has 0 unspecified atom stereocenters. The molecule has 4 nitrogen and oxygen atoms in total. The highest BCUT2D eigenvalue weighted by molar-refractivity contribution is 6.26. The van der Waals surface area contributed by atoms with E-state index < -0.39 is 0 Å². The minimum Gasteiger partial charge on any atom is -0.361 e. The lowest BCUT2D eigenvalue weighted by atomic mass is 10.1. The van der Waals surface area contributed by atoms with Crippen LogP contribution < -0.4 is 5.56 Å². The highest BCUT2D eigenvalue weighted by atomic mass is 16.1. The van der Waals surface area contributed by atoms with E-state index in [1.54, 1.807) is 18.3 Å². The molecule has 1 aliphatic carbocycles. The molecule has 0 saturated heterocycles. The van der Waals surface area contributed by atoms with Crippen LogP contribution in [0.3, 0.4) is 0 Å². The summed E-state index contributed by atoms with van der Waals surface area (Å²) in [4.78, 5) is 31.1. The van der Waals surface area contributed by atoms with Crippen molar-refractivity contribution in [2.75, 3.05) is 0 Å². The molecule has 0 aliphatic heterocycles. The summed E-state index contributed by atoms with van der Waals surface area (Å²) in [6.07, 6.45) is 1.80. The highest BCUT2D eigenvalue weighted by Crippen LogP contribution is 2.37. The Morgan fingerprint density at radius 1 is 0.947 bits per heavy atom. The summed E-state index contributed by atoms with van der Waals surface area (Å²) in [6, 6.07) is 10.3. The van der Waals surface area contributed by atoms with Gasteiger partial charge in [0.05, 0.1) is 16.8 Å². The molecule has 4 rings (SSSR count). The predicted molar refractivity (Wildman–Crippen MR) is 71.2 cm³/mol. The molecular formula is C15H8N2O2. The minimum absolute atomic E-state index is 0.0823. The van der Waals surface area contributed by atoms with E-state index in [-0.39, 0.29) is 11.3 Å². The van der Waals surface area contributed by atoms with Gasteiger partial charge >= 0.3 is 0 Å². The van der Waals surface area contributed by atoms with Crippen LogP contribution in [0.5, 0.6) is 0 Å². The molecule has 0 amide bonds. The van der Waals surface area contributed by atoms with Crippen molar-refractivity contribution < 1.29 is 4.79 Å². The number of carbonyl (C=O) groups is 1. The van der Waals surface area contributed by atoms with Crippen LogP contribution in [0.1, 0.15) is 15.9 Å². The SMILES string of the molecule is O=C1c2cccc(=O)nc2-c2ccc3cc[nH]c3c21. The lowest BCUT2D eigenvalue weighted by molar-refractivity contribution is 0.104. The number of hydrogen-bond donors (Lipinski definition) is 1. The average Bonchev–Trinajstić information content (AvgIpc) is 2.90. The van der Waals surface area contributed by atoms with E-state index >= 15 is 0 Å². The number of fused-ring (bicyclic) bond motifs is 5. The van der Waals surface area contributed by atoms with E-state index in [4.69, 9.17) is 0 Å². The molecular weight excluding hydrogens is 240 g/mol. The van der Waals surface area contributed by atoms with Crippen LogP contribution in [0, 0.1) is 0 Å². The molecule has 0 spiro atoms. The Balaban J connectivity index is 2.21. The molecule has 19 heavy (non-hydrogen) atoms. The van der Waals surface area contributed by atoms with Crippen molar-refractivity contribution in [3.05, 3.63) is 64.1 Å². The van der Waals surface area contributed by atoms with Crippen molar-refractivity contribution in [1.82, 2.24) is 9.97 Å². The molecule has 1 N–H and O–H groups in total. The van der Waals surface area contributed by atoms with Gasteiger partial charge in [0.1, 0.15) is 0 Å². The van der Waals surface area contributed by atoms with Crippen LogP contribution in [0.25, 0.3) is 22.2 Å². The summed E-state index contributed by atoms with van der Waals surface area (Å²) in [5, 5.41) is 0.978. The molecule has 90 valence electrons. The Labute approximate surface area is 107 Å². The maximum atomic E-state index is 12.5. The van der Waals surface area contributed by atoms with Gasteiger partial charge < -0.3 is 4.98 Å². The van der Waals surface area contributed by atoms with E-state index in [0.29, 0.717) is 16.8 Å². The van der Waals surface area contributed by atoms with Crippen LogP contribution in [0.2, 0.25) is 0 Å². The number of benzene rings is 1. The first-order chi connectivity index (χ1) is 9.25. The molecule has 0 fully saturated rings. The summed E-state index contributed by atoms with van der Waals surface area (Å²) in [7, 11) is 0. The number of rotatable bonds is 0. The Morgan fingerprint density at radius 2 is 1.84 bits per heavy atom. The Kier molecular flexibility index (Phi) is 1.82. The van der Waals surface area contributed by atoms with Crippen LogP contribution in [-0.4, -0.2) is 15.8 Å². The molecule has 1 aromatic carbocycles. The number of nitrogens with zero attached hydrogens (tertiary/aromatic N) is 1. The van der Waals surface area contributed by atoms with Gasteiger partial charge in [-0.15, -0.1) is 0 Å². The fraction of sp³-hybridized carbons (Fsp3) is 0. The number of hydrogen-bond acceptors (Lipinski definition) is 3. The van der Waals surface area contributed by atoms with Gasteiger partial charge in [-0.05, 0) is 12.1 Å². The molecule has 2 heterocycles. The molecule has 0 bridgehead atoms. The van der Waals surface area contributed by atoms with Crippen LogP contribution in [-0.2, 0) is 0 Å². The summed E-state index contributed by atoms with van der Waals surface area (Å²) < 4.78 is 0. The second kappa shape index (κ2) is 3.38. The quantitative estimate of drug-likeness (QED) is 0.518. The highest BCUT2D eigenvalue weighted by Gasteiger charge is 2.29. The van der Waals surface area contributed by atoms with Crippen molar-refractivity contribution in [3.63, 3.8) is 0 Å². The third kappa shape index (κ3) is 1.25. The van der Waals surface area contributed by atoms with Gasteiger partial charge in [0.25, 0.3) is 5.56 Å². The predicted octanol–water partition coefficient (Wildman–Crippen LogP) is 2.13. The lowest BCUT2D eigenvalue weighted by Gasteiger charge is -1.99. The first-order valence-corrected chi connectivity index (χ1v) is 5.92. The fourth-order valence-corrected chi connectivity index (χ4v) is 2.60. The molecule has 0 radical (unpaired) electrons. The van der Waals surface area contributed by atoms with Crippen molar-refractivity contribution in [2.24, 2.45) is 0 Å². The first kappa shape index (κ1) is 10.2. The van der Waals surface area contributed by atoms with E-state index in [0.717, 1.165) is 16.5 Å². The van der Waals surface area contributed by atoms with Gasteiger partial charge in [-0.3, -0.25) is 9.59 Å². The zero-order valence-corrected chi connectivity index (χ0v) is 9.81. The minimum atomic E-state index is -0.339. The monoisotopic (exact) mass is 248 g/mol. The molecule has 0 saturated carbocycles. The lowest BCUT2D eigenvalue weighted by Crippen LogP contribution is -1.99. The van der Waals surface area contributed by atoms with Gasteiger partial charge in [-0.25, -0.2) is 4.98 Å². The number of aromatic amines is 1. The maximum Gasteiger partial charge on any atom is 0.270 e. The van der Waals surface area contributed by atoms with Crippen molar-refractivity contribution in [2.45, 2.75) is 0 Å². The number of aromatic nitrogens is 2. The van der Waals surface area contributed by atoms with E-state index in [1.165, 1.54) is 6.07 Å². The standard InChI is InChI=1S/C15H8N2O2/c18-11-3-1-2-10-14(17-11)9-5-4-8-6-7-16-13(8)12(9)15(10)19/h1-7,16H. The van der Waals surface area contributed by atoms with E-state index in [2.05, 4.69) is 9.97 Å². The summed E-state index contributed by atoms with van der Waals surface area (Å²) in [5.74, 6) is -0.0823. The Morgan fingerprint density at radius 3 is 2.74 bits per heavy atom. The van der Waals surface area contributed by atoms with E-state index in [1.807, 2.05) is 18.2 Å². The van der Waals surface area contributed by atoms with Gasteiger partial charge in [-0.2, -0.15) is 0 Å². The van der Waals surface area contributed by atoms with Gasteiger partial charge in [-0.1, -0.05) is 18.2 Å². The van der Waals surface area contributed by atoms with Crippen LogP contribution in [0.4, 0.5) is 0 Å². The second-order valence-corrected chi connectivity index (χ2v) is 4.50. The first-order valence-electron chi connectivity index (χ1n) is 5.92. The average molecular weight is 248 g/mol. The van der Waals surface area contributed by atoms with E-state index in [9.17, 15) is 9.59 Å². The zero-order valence-electron chi connectivity index (χ0n) is 9.81. The maximum absolute atomic E-state index is 12.5. The third-order valence-corrected chi connectivity index (χ3v) is 3.43. The summed E-state index contributed by atoms with van der Waals surface area (Å²) >= 11 is 0. The molecule has 0 atom stereocenters. The number of carbonyl (C=O) groups excluding carboxylic acids is 1. The van der Waals surface area contributed by atoms with Gasteiger partial charge in [0.15, 0.2) is 5.78 Å². The molecule has 1 aliphatic rings. The smallest absolute Gasteiger partial charge is 0.270 e. The molecule has 4 heteroatoms. The second-order valence-electron chi connectivity index (χ2n) is 4.50. The third-order valence-electron chi connectivity index (χ3n) is 3.43. The Bertz CT molecular complexity index is 909. The van der Waals surface area contributed by atoms with Crippen molar-refractivity contribution in [1.29, 1.82) is 0 Å². The normalized spacial score (nSPS) is 12.5. The zero-order chi connectivity index (χ0) is 13.0. The molecule has 3 aromatic rings. The largest absolute Gasteiger partial charge is 0.361 e. The summed E-state index contributed by atoms with van der Waals surface area (Å²) in [6.45, 7) is 0. The Hall–Kier alpha value is -2.75. The number of nitrogens with one attached hydrogen (secondary N) is 1. The summed E-state index contributed by atoms with van der Waals surface area (Å²) in [5.41, 5.74) is 2.76.